The van der Waals surface area contributed by atoms with Gasteiger partial charge in [-0.1, -0.05) is 39.8 Å². The largest absolute Gasteiger partial charge is 0.494 e. The molecule has 1 unspecified atom stereocenters. The molecule has 1 aromatic carbocycles. The maximum absolute atomic E-state index is 5.65. The summed E-state index contributed by atoms with van der Waals surface area (Å²) in [5.74, 6) is 0.972. The van der Waals surface area contributed by atoms with Crippen molar-refractivity contribution in [2.45, 2.75) is 46.6 Å². The van der Waals surface area contributed by atoms with E-state index in [0.717, 1.165) is 51.4 Å². The van der Waals surface area contributed by atoms with Crippen LogP contribution in [0.3, 0.4) is 0 Å². The Bertz CT molecular complexity index is 360. The van der Waals surface area contributed by atoms with Crippen molar-refractivity contribution in [3.8, 4) is 5.75 Å². The van der Waals surface area contributed by atoms with Gasteiger partial charge in [0.15, 0.2) is 0 Å². The molecule has 0 aliphatic heterocycles. The Morgan fingerprint density at radius 2 is 1.71 bits per heavy atom. The summed E-state index contributed by atoms with van der Waals surface area (Å²) in [6.07, 6.45) is 2.19. The molecule has 0 saturated heterocycles. The quantitative estimate of drug-likeness (QED) is 0.670. The Balaban J connectivity index is 2.62. The highest BCUT2D eigenvalue weighted by Gasteiger charge is 2.11. The van der Waals surface area contributed by atoms with Gasteiger partial charge in [0.25, 0.3) is 0 Å². The third-order valence-electron chi connectivity index (χ3n) is 3.83. The van der Waals surface area contributed by atoms with E-state index in [2.05, 4.69) is 62.2 Å². The van der Waals surface area contributed by atoms with Gasteiger partial charge >= 0.3 is 0 Å². The Morgan fingerprint density at radius 3 is 2.24 bits per heavy atom. The van der Waals surface area contributed by atoms with Crippen molar-refractivity contribution in [3.63, 3.8) is 0 Å². The molecule has 0 bridgehead atoms. The highest BCUT2D eigenvalue weighted by molar-refractivity contribution is 5.29. The normalized spacial score (nSPS) is 12.6. The van der Waals surface area contributed by atoms with Crippen LogP contribution in [0.2, 0.25) is 0 Å². The summed E-state index contributed by atoms with van der Waals surface area (Å²) in [5, 5.41) is 3.60. The maximum atomic E-state index is 5.65. The van der Waals surface area contributed by atoms with E-state index in [-0.39, 0.29) is 0 Å². The molecule has 0 aliphatic rings. The number of ether oxygens (including phenoxy) is 1. The van der Waals surface area contributed by atoms with Crippen LogP contribution in [0.25, 0.3) is 0 Å². The van der Waals surface area contributed by atoms with Crippen LogP contribution in [0.1, 0.15) is 52.1 Å². The summed E-state index contributed by atoms with van der Waals surface area (Å²) in [6, 6.07) is 9.00. The average Bonchev–Trinajstić information content (AvgIpc) is 2.53. The SMILES string of the molecule is CCCOc1ccc(C(CCN(CC)CC)NCC)cc1. The highest BCUT2D eigenvalue weighted by atomic mass is 16.5. The van der Waals surface area contributed by atoms with Gasteiger partial charge in [0.1, 0.15) is 5.75 Å². The van der Waals surface area contributed by atoms with Gasteiger partial charge in [0.05, 0.1) is 6.61 Å². The summed E-state index contributed by atoms with van der Waals surface area (Å²) in [7, 11) is 0. The van der Waals surface area contributed by atoms with Crippen LogP contribution in [-0.4, -0.2) is 37.7 Å². The molecule has 120 valence electrons. The second kappa shape index (κ2) is 10.6. The van der Waals surface area contributed by atoms with Crippen LogP contribution in [0.5, 0.6) is 5.75 Å². The maximum Gasteiger partial charge on any atom is 0.119 e. The minimum Gasteiger partial charge on any atom is -0.494 e. The molecule has 1 aromatic rings. The van der Waals surface area contributed by atoms with Crippen molar-refractivity contribution >= 4 is 0 Å². The first-order valence-electron chi connectivity index (χ1n) is 8.43. The van der Waals surface area contributed by atoms with Gasteiger partial charge in [-0.2, -0.15) is 0 Å². The van der Waals surface area contributed by atoms with E-state index in [1.807, 2.05) is 0 Å². The van der Waals surface area contributed by atoms with Crippen molar-refractivity contribution in [1.82, 2.24) is 10.2 Å². The van der Waals surface area contributed by atoms with Crippen molar-refractivity contribution in [2.24, 2.45) is 0 Å². The Hall–Kier alpha value is -1.06. The van der Waals surface area contributed by atoms with Crippen LogP contribution in [0, 0.1) is 0 Å². The lowest BCUT2D eigenvalue weighted by Crippen LogP contribution is -2.29. The number of benzene rings is 1. The molecule has 3 nitrogen and oxygen atoms in total. The Kier molecular flexibility index (Phi) is 9.11. The fourth-order valence-corrected chi connectivity index (χ4v) is 2.50. The predicted molar refractivity (Wildman–Crippen MR) is 91.1 cm³/mol. The number of rotatable bonds is 11. The monoisotopic (exact) mass is 292 g/mol. The van der Waals surface area contributed by atoms with E-state index < -0.39 is 0 Å². The lowest BCUT2D eigenvalue weighted by atomic mass is 10.0. The van der Waals surface area contributed by atoms with Crippen molar-refractivity contribution in [1.29, 1.82) is 0 Å². The van der Waals surface area contributed by atoms with E-state index in [1.165, 1.54) is 5.56 Å². The molecule has 1 rings (SSSR count). The summed E-state index contributed by atoms with van der Waals surface area (Å²) < 4.78 is 5.65. The number of nitrogens with zero attached hydrogens (tertiary/aromatic N) is 1. The van der Waals surface area contributed by atoms with Gasteiger partial charge in [0.2, 0.25) is 0 Å². The zero-order valence-electron chi connectivity index (χ0n) is 14.2. The molecule has 0 amide bonds. The van der Waals surface area contributed by atoms with Gasteiger partial charge < -0.3 is 15.0 Å². The average molecular weight is 292 g/mol. The van der Waals surface area contributed by atoms with Crippen LogP contribution in [0.15, 0.2) is 24.3 Å². The fraction of sp³-hybridized carbons (Fsp3) is 0.667. The molecule has 0 fully saturated rings. The molecule has 0 saturated carbocycles. The fourth-order valence-electron chi connectivity index (χ4n) is 2.50. The van der Waals surface area contributed by atoms with Gasteiger partial charge in [-0.25, -0.2) is 0 Å². The molecule has 3 heteroatoms. The van der Waals surface area contributed by atoms with Crippen LogP contribution in [0.4, 0.5) is 0 Å². The molecule has 1 atom stereocenters. The van der Waals surface area contributed by atoms with Crippen LogP contribution >= 0.6 is 0 Å². The summed E-state index contributed by atoms with van der Waals surface area (Å²) >= 11 is 0. The Labute approximate surface area is 130 Å². The second-order valence-corrected chi connectivity index (χ2v) is 5.34. The zero-order chi connectivity index (χ0) is 15.5. The minimum atomic E-state index is 0.427. The summed E-state index contributed by atoms with van der Waals surface area (Å²) in [6.45, 7) is 13.9. The highest BCUT2D eigenvalue weighted by Crippen LogP contribution is 2.21. The molecular weight excluding hydrogens is 260 g/mol. The lowest BCUT2D eigenvalue weighted by molar-refractivity contribution is 0.282. The van der Waals surface area contributed by atoms with E-state index in [0.29, 0.717) is 6.04 Å². The van der Waals surface area contributed by atoms with Gasteiger partial charge in [0, 0.05) is 6.04 Å². The van der Waals surface area contributed by atoms with E-state index in [1.54, 1.807) is 0 Å². The van der Waals surface area contributed by atoms with E-state index in [4.69, 9.17) is 4.74 Å². The zero-order valence-corrected chi connectivity index (χ0v) is 14.2. The molecule has 0 aromatic heterocycles. The Morgan fingerprint density at radius 1 is 1.05 bits per heavy atom. The van der Waals surface area contributed by atoms with Crippen molar-refractivity contribution in [2.75, 3.05) is 32.8 Å². The minimum absolute atomic E-state index is 0.427. The predicted octanol–water partition coefficient (Wildman–Crippen LogP) is 3.86. The molecule has 0 radical (unpaired) electrons. The number of nitrogens with one attached hydrogen (secondary N) is 1. The first-order valence-corrected chi connectivity index (χ1v) is 8.43. The summed E-state index contributed by atoms with van der Waals surface area (Å²) in [4.78, 5) is 2.48. The van der Waals surface area contributed by atoms with E-state index >= 15 is 0 Å². The van der Waals surface area contributed by atoms with Gasteiger partial charge in [-0.15, -0.1) is 0 Å². The topological polar surface area (TPSA) is 24.5 Å². The standard InChI is InChI=1S/C18H32N2O/c1-5-15-21-17-11-9-16(10-12-17)18(19-6-2)13-14-20(7-3)8-4/h9-12,18-19H,5-8,13-15H2,1-4H3. The third-order valence-corrected chi connectivity index (χ3v) is 3.83. The van der Waals surface area contributed by atoms with Crippen LogP contribution < -0.4 is 10.1 Å². The number of hydrogen-bond acceptors (Lipinski definition) is 3. The third kappa shape index (κ3) is 6.49. The first-order chi connectivity index (χ1) is 10.2. The molecule has 0 aliphatic carbocycles. The molecular formula is C18H32N2O. The van der Waals surface area contributed by atoms with Gasteiger partial charge in [-0.05, 0) is 56.7 Å². The van der Waals surface area contributed by atoms with Crippen LogP contribution in [-0.2, 0) is 0 Å². The molecule has 21 heavy (non-hydrogen) atoms. The smallest absolute Gasteiger partial charge is 0.119 e. The van der Waals surface area contributed by atoms with E-state index in [9.17, 15) is 0 Å². The lowest BCUT2D eigenvalue weighted by Gasteiger charge is -2.24. The van der Waals surface area contributed by atoms with Crippen molar-refractivity contribution < 1.29 is 4.74 Å². The molecule has 0 spiro atoms. The van der Waals surface area contributed by atoms with Gasteiger partial charge in [-0.3, -0.25) is 0 Å². The first kappa shape index (κ1) is 18.0. The van der Waals surface area contributed by atoms with Crippen molar-refractivity contribution in [3.05, 3.63) is 29.8 Å². The number of hydrogen-bond donors (Lipinski definition) is 1. The molecule has 1 N–H and O–H groups in total. The second-order valence-electron chi connectivity index (χ2n) is 5.34. The summed E-state index contributed by atoms with van der Waals surface area (Å²) in [5.41, 5.74) is 1.35. The molecule has 0 heterocycles.